The molecule has 0 aliphatic heterocycles. The minimum absolute atomic E-state index is 0.0299. The van der Waals surface area contributed by atoms with Crippen LogP contribution in [0.4, 0.5) is 0 Å². The Hall–Kier alpha value is -1.78. The number of hydrogen-bond acceptors (Lipinski definition) is 4. The topological polar surface area (TPSA) is 51.7 Å². The van der Waals surface area contributed by atoms with Crippen molar-refractivity contribution in [3.63, 3.8) is 0 Å². The maximum absolute atomic E-state index is 12.2. The quantitative estimate of drug-likeness (QED) is 0.817. The number of aromatic nitrogens is 1. The molecule has 0 bridgehead atoms. The van der Waals surface area contributed by atoms with E-state index in [1.165, 1.54) is 11.1 Å². The number of ether oxygens (including phenoxy) is 2. The summed E-state index contributed by atoms with van der Waals surface area (Å²) in [5.41, 5.74) is 0.442. The van der Waals surface area contributed by atoms with Crippen LogP contribution in [0.25, 0.3) is 0 Å². The Morgan fingerprint density at radius 3 is 2.58 bits per heavy atom. The van der Waals surface area contributed by atoms with Crippen molar-refractivity contribution in [2.45, 2.75) is 38.9 Å². The number of rotatable bonds is 5. The summed E-state index contributed by atoms with van der Waals surface area (Å²) in [5.74, 6) is 0.920. The molecular weight excluding hydrogens is 244 g/mol. The Morgan fingerprint density at radius 2 is 2.05 bits per heavy atom. The summed E-state index contributed by atoms with van der Waals surface area (Å²) in [5, 5.41) is 0. The van der Waals surface area contributed by atoms with Gasteiger partial charge < -0.3 is 14.4 Å². The summed E-state index contributed by atoms with van der Waals surface area (Å²) in [6.45, 7) is 3.84. The lowest BCUT2D eigenvalue weighted by molar-refractivity contribution is 0.0819. The molecule has 5 heteroatoms. The molecule has 2 rings (SSSR count). The van der Waals surface area contributed by atoms with Crippen LogP contribution in [0.15, 0.2) is 12.4 Å². The standard InChI is InChI=1S/C14H20N2O3/c1-9(2)18-13-11(14(17)16(3)4)7-15-8-12(13)19-10-5-6-10/h7-10H,5-6H2,1-4H3. The first-order valence-electron chi connectivity index (χ1n) is 6.52. The Labute approximate surface area is 113 Å². The smallest absolute Gasteiger partial charge is 0.258 e. The monoisotopic (exact) mass is 264 g/mol. The fraction of sp³-hybridized carbons (Fsp3) is 0.571. The third-order valence-corrected chi connectivity index (χ3v) is 2.67. The van der Waals surface area contributed by atoms with Crippen LogP contribution in [0.5, 0.6) is 11.5 Å². The number of pyridine rings is 1. The summed E-state index contributed by atoms with van der Waals surface area (Å²) in [6.07, 6.45) is 5.45. The molecule has 0 atom stereocenters. The molecule has 0 N–H and O–H groups in total. The molecule has 1 amide bonds. The summed E-state index contributed by atoms with van der Waals surface area (Å²) < 4.78 is 11.5. The van der Waals surface area contributed by atoms with Gasteiger partial charge in [-0.05, 0) is 26.7 Å². The maximum atomic E-state index is 12.2. The molecular formula is C14H20N2O3. The zero-order chi connectivity index (χ0) is 14.0. The van der Waals surface area contributed by atoms with Gasteiger partial charge in [-0.3, -0.25) is 9.78 Å². The molecule has 0 radical (unpaired) electrons. The first-order valence-corrected chi connectivity index (χ1v) is 6.52. The van der Waals surface area contributed by atoms with Crippen LogP contribution in [0.2, 0.25) is 0 Å². The zero-order valence-electron chi connectivity index (χ0n) is 11.8. The Bertz CT molecular complexity index is 468. The fourth-order valence-electron chi connectivity index (χ4n) is 1.63. The van der Waals surface area contributed by atoms with E-state index >= 15 is 0 Å². The average Bonchev–Trinajstić information content (AvgIpc) is 3.13. The molecule has 0 aromatic carbocycles. The maximum Gasteiger partial charge on any atom is 0.258 e. The van der Waals surface area contributed by atoms with Gasteiger partial charge in [0.05, 0.1) is 18.4 Å². The molecule has 19 heavy (non-hydrogen) atoms. The Morgan fingerprint density at radius 1 is 1.37 bits per heavy atom. The van der Waals surface area contributed by atoms with Crippen LogP contribution < -0.4 is 9.47 Å². The van der Waals surface area contributed by atoms with E-state index in [4.69, 9.17) is 9.47 Å². The van der Waals surface area contributed by atoms with Gasteiger partial charge in [-0.2, -0.15) is 0 Å². The van der Waals surface area contributed by atoms with E-state index in [0.29, 0.717) is 17.1 Å². The molecule has 1 aromatic heterocycles. The molecule has 1 aliphatic carbocycles. The van der Waals surface area contributed by atoms with Crippen molar-refractivity contribution < 1.29 is 14.3 Å². The van der Waals surface area contributed by atoms with Gasteiger partial charge in [-0.25, -0.2) is 0 Å². The number of nitrogens with zero attached hydrogens (tertiary/aromatic N) is 2. The molecule has 1 aromatic rings. The first-order chi connectivity index (χ1) is 8.99. The van der Waals surface area contributed by atoms with E-state index < -0.39 is 0 Å². The third kappa shape index (κ3) is 3.36. The molecule has 1 fully saturated rings. The molecule has 104 valence electrons. The summed E-state index contributed by atoms with van der Waals surface area (Å²) in [7, 11) is 3.41. The van der Waals surface area contributed by atoms with E-state index in [1.54, 1.807) is 20.3 Å². The minimum Gasteiger partial charge on any atom is -0.486 e. The summed E-state index contributed by atoms with van der Waals surface area (Å²) in [6, 6.07) is 0. The number of hydrogen-bond donors (Lipinski definition) is 0. The molecule has 5 nitrogen and oxygen atoms in total. The van der Waals surface area contributed by atoms with Gasteiger partial charge in [0.15, 0.2) is 11.5 Å². The van der Waals surface area contributed by atoms with Crippen LogP contribution in [-0.2, 0) is 0 Å². The van der Waals surface area contributed by atoms with Crippen LogP contribution in [0, 0.1) is 0 Å². The summed E-state index contributed by atoms with van der Waals surface area (Å²) >= 11 is 0. The SMILES string of the molecule is CC(C)Oc1c(OC2CC2)cncc1C(=O)N(C)C. The van der Waals surface area contributed by atoms with Crippen molar-refractivity contribution in [3.8, 4) is 11.5 Å². The molecule has 0 spiro atoms. The number of carbonyl (C=O) groups excluding carboxylic acids is 1. The predicted octanol–water partition coefficient (Wildman–Crippen LogP) is 2.11. The molecule has 1 aliphatic rings. The third-order valence-electron chi connectivity index (χ3n) is 2.67. The highest BCUT2D eigenvalue weighted by molar-refractivity contribution is 5.97. The second-order valence-electron chi connectivity index (χ2n) is 5.20. The van der Waals surface area contributed by atoms with Gasteiger partial charge in [0, 0.05) is 20.3 Å². The van der Waals surface area contributed by atoms with Crippen LogP contribution in [0.1, 0.15) is 37.0 Å². The van der Waals surface area contributed by atoms with Crippen molar-refractivity contribution in [2.75, 3.05) is 14.1 Å². The van der Waals surface area contributed by atoms with Crippen molar-refractivity contribution in [1.29, 1.82) is 0 Å². The van der Waals surface area contributed by atoms with Gasteiger partial charge in [0.1, 0.15) is 5.56 Å². The zero-order valence-corrected chi connectivity index (χ0v) is 11.8. The molecule has 0 unspecified atom stereocenters. The van der Waals surface area contributed by atoms with Gasteiger partial charge >= 0.3 is 0 Å². The largest absolute Gasteiger partial charge is 0.486 e. The van der Waals surface area contributed by atoms with E-state index in [0.717, 1.165) is 12.8 Å². The average molecular weight is 264 g/mol. The van der Waals surface area contributed by atoms with Crippen molar-refractivity contribution in [1.82, 2.24) is 9.88 Å². The Balaban J connectivity index is 2.36. The Kier molecular flexibility index (Phi) is 3.93. The van der Waals surface area contributed by atoms with Crippen molar-refractivity contribution >= 4 is 5.91 Å². The van der Waals surface area contributed by atoms with Gasteiger partial charge in [-0.1, -0.05) is 0 Å². The normalized spacial score (nSPS) is 14.4. The summed E-state index contributed by atoms with van der Waals surface area (Å²) in [4.78, 5) is 17.7. The van der Waals surface area contributed by atoms with Crippen LogP contribution >= 0.6 is 0 Å². The minimum atomic E-state index is -0.135. The van der Waals surface area contributed by atoms with E-state index in [-0.39, 0.29) is 18.1 Å². The number of amides is 1. The van der Waals surface area contributed by atoms with Crippen molar-refractivity contribution in [3.05, 3.63) is 18.0 Å². The van der Waals surface area contributed by atoms with E-state index in [1.807, 2.05) is 13.8 Å². The molecule has 1 heterocycles. The van der Waals surface area contributed by atoms with E-state index in [9.17, 15) is 4.79 Å². The lowest BCUT2D eigenvalue weighted by atomic mass is 10.2. The number of carbonyl (C=O) groups is 1. The molecule has 1 saturated carbocycles. The highest BCUT2D eigenvalue weighted by Crippen LogP contribution is 2.36. The van der Waals surface area contributed by atoms with Crippen LogP contribution in [-0.4, -0.2) is 42.1 Å². The highest BCUT2D eigenvalue weighted by atomic mass is 16.5. The lowest BCUT2D eigenvalue weighted by Gasteiger charge is -2.19. The molecule has 0 saturated heterocycles. The fourth-order valence-corrected chi connectivity index (χ4v) is 1.63. The van der Waals surface area contributed by atoms with Gasteiger partial charge in [0.2, 0.25) is 0 Å². The first kappa shape index (κ1) is 13.6. The van der Waals surface area contributed by atoms with Crippen LogP contribution in [0.3, 0.4) is 0 Å². The predicted molar refractivity (Wildman–Crippen MR) is 71.7 cm³/mol. The second-order valence-corrected chi connectivity index (χ2v) is 5.20. The van der Waals surface area contributed by atoms with Crippen molar-refractivity contribution in [2.24, 2.45) is 0 Å². The highest BCUT2D eigenvalue weighted by Gasteiger charge is 2.27. The second kappa shape index (κ2) is 5.47. The van der Waals surface area contributed by atoms with E-state index in [2.05, 4.69) is 4.98 Å². The van der Waals surface area contributed by atoms with Gasteiger partial charge in [-0.15, -0.1) is 0 Å². The lowest BCUT2D eigenvalue weighted by Crippen LogP contribution is -2.23. The van der Waals surface area contributed by atoms with Gasteiger partial charge in [0.25, 0.3) is 5.91 Å².